The number of benzene rings is 2. The first-order chi connectivity index (χ1) is 14.4. The molecule has 1 aliphatic heterocycles. The number of hydrogen-bond donors (Lipinski definition) is 1. The van der Waals surface area contributed by atoms with E-state index in [1.807, 2.05) is 11.6 Å². The molecule has 4 rings (SSSR count). The second kappa shape index (κ2) is 8.11. The number of imidazole rings is 1. The number of halogens is 1. The van der Waals surface area contributed by atoms with E-state index < -0.39 is 23.5 Å². The van der Waals surface area contributed by atoms with Crippen LogP contribution < -0.4 is 5.32 Å². The van der Waals surface area contributed by atoms with Crippen molar-refractivity contribution in [1.82, 2.24) is 14.5 Å². The predicted octanol–water partition coefficient (Wildman–Crippen LogP) is 3.34. The van der Waals surface area contributed by atoms with E-state index in [1.165, 1.54) is 23.9 Å². The molecule has 1 aliphatic rings. The van der Waals surface area contributed by atoms with Crippen LogP contribution in [0.3, 0.4) is 0 Å². The first-order valence-corrected chi connectivity index (χ1v) is 9.95. The van der Waals surface area contributed by atoms with Gasteiger partial charge in [-0.3, -0.25) is 19.3 Å². The van der Waals surface area contributed by atoms with Gasteiger partial charge < -0.3 is 9.88 Å². The summed E-state index contributed by atoms with van der Waals surface area (Å²) in [5.74, 6) is -1.76. The number of imide groups is 1. The molecule has 0 aliphatic carbocycles. The Kier molecular flexibility index (Phi) is 5.37. The average Bonchev–Trinajstić information content (AvgIpc) is 3.24. The van der Waals surface area contributed by atoms with E-state index in [9.17, 15) is 18.8 Å². The van der Waals surface area contributed by atoms with Gasteiger partial charge in [0.05, 0.1) is 16.8 Å². The van der Waals surface area contributed by atoms with Crippen molar-refractivity contribution < 1.29 is 18.8 Å². The van der Waals surface area contributed by atoms with Crippen molar-refractivity contribution in [2.45, 2.75) is 16.5 Å². The zero-order valence-corrected chi connectivity index (χ0v) is 16.8. The minimum Gasteiger partial charge on any atom is -0.329 e. The fourth-order valence-corrected chi connectivity index (χ4v) is 3.98. The molecule has 1 N–H and O–H groups in total. The number of nitrogens with zero attached hydrogens (tertiary/aromatic N) is 3. The summed E-state index contributed by atoms with van der Waals surface area (Å²) >= 11 is 1.29. The maximum absolute atomic E-state index is 13.8. The number of carbonyl (C=O) groups excluding carboxylic acids is 3. The lowest BCUT2D eigenvalue weighted by Gasteiger charge is -2.15. The Morgan fingerprint density at radius 3 is 2.47 bits per heavy atom. The van der Waals surface area contributed by atoms with E-state index in [2.05, 4.69) is 10.3 Å². The average molecular weight is 424 g/mol. The molecule has 0 radical (unpaired) electrons. The van der Waals surface area contributed by atoms with Crippen molar-refractivity contribution in [1.29, 1.82) is 0 Å². The van der Waals surface area contributed by atoms with Crippen LogP contribution in [0.1, 0.15) is 27.1 Å². The Morgan fingerprint density at radius 1 is 1.13 bits per heavy atom. The summed E-state index contributed by atoms with van der Waals surface area (Å²) in [5.41, 5.74) is 0.971. The van der Waals surface area contributed by atoms with Crippen molar-refractivity contribution in [3.63, 3.8) is 0 Å². The third kappa shape index (κ3) is 3.84. The monoisotopic (exact) mass is 424 g/mol. The van der Waals surface area contributed by atoms with Gasteiger partial charge in [-0.15, -0.1) is 0 Å². The maximum atomic E-state index is 13.8. The molecular formula is C21H17FN4O3S. The topological polar surface area (TPSA) is 84.3 Å². The molecular weight excluding hydrogens is 407 g/mol. The van der Waals surface area contributed by atoms with Gasteiger partial charge >= 0.3 is 0 Å². The van der Waals surface area contributed by atoms with Crippen LogP contribution in [0.25, 0.3) is 0 Å². The first kappa shape index (κ1) is 19.8. The molecule has 0 saturated carbocycles. The molecule has 3 amide bonds. The van der Waals surface area contributed by atoms with Crippen LogP contribution in [0.4, 0.5) is 10.1 Å². The third-order valence-electron chi connectivity index (χ3n) is 4.63. The number of hydrogen-bond acceptors (Lipinski definition) is 5. The number of fused-ring (bicyclic) bond motifs is 1. The number of aryl methyl sites for hydroxylation is 1. The molecule has 2 heterocycles. The predicted molar refractivity (Wildman–Crippen MR) is 109 cm³/mol. The fraction of sp³-hybridized carbons (Fsp3) is 0.143. The van der Waals surface area contributed by atoms with Crippen LogP contribution in [0.2, 0.25) is 0 Å². The van der Waals surface area contributed by atoms with Gasteiger partial charge in [-0.25, -0.2) is 9.37 Å². The van der Waals surface area contributed by atoms with E-state index in [-0.39, 0.29) is 13.0 Å². The van der Waals surface area contributed by atoms with Crippen molar-refractivity contribution >= 4 is 35.2 Å². The molecule has 0 atom stereocenters. The van der Waals surface area contributed by atoms with Crippen molar-refractivity contribution in [3.05, 3.63) is 71.8 Å². The Morgan fingerprint density at radius 2 is 1.83 bits per heavy atom. The van der Waals surface area contributed by atoms with E-state index in [0.717, 1.165) is 4.90 Å². The standard InChI is InChI=1S/C21H17FN4O3S/c1-25-11-9-23-21(25)30-17-7-6-13(22)12-16(17)24-18(27)8-10-26-19(28)14-4-2-3-5-15(14)20(26)29/h2-7,9,11-12H,8,10H2,1H3,(H,24,27). The van der Waals surface area contributed by atoms with E-state index in [1.54, 1.807) is 42.7 Å². The molecule has 7 nitrogen and oxygen atoms in total. The molecule has 0 saturated heterocycles. The van der Waals surface area contributed by atoms with Gasteiger partial charge in [0.2, 0.25) is 5.91 Å². The summed E-state index contributed by atoms with van der Waals surface area (Å²) in [4.78, 5) is 43.2. The molecule has 0 spiro atoms. The highest BCUT2D eigenvalue weighted by Gasteiger charge is 2.35. The molecule has 0 fully saturated rings. The third-order valence-corrected chi connectivity index (χ3v) is 5.79. The normalized spacial score (nSPS) is 12.9. The van der Waals surface area contributed by atoms with Crippen LogP contribution in [-0.4, -0.2) is 38.7 Å². The van der Waals surface area contributed by atoms with Gasteiger partial charge in [0, 0.05) is 37.3 Å². The lowest BCUT2D eigenvalue weighted by atomic mass is 10.1. The Balaban J connectivity index is 1.44. The van der Waals surface area contributed by atoms with Gasteiger partial charge in [-0.2, -0.15) is 0 Å². The van der Waals surface area contributed by atoms with Crippen LogP contribution >= 0.6 is 11.8 Å². The quantitative estimate of drug-likeness (QED) is 0.614. The second-order valence-electron chi connectivity index (χ2n) is 6.67. The van der Waals surface area contributed by atoms with Gasteiger partial charge in [-0.05, 0) is 42.1 Å². The summed E-state index contributed by atoms with van der Waals surface area (Å²) < 4.78 is 15.6. The largest absolute Gasteiger partial charge is 0.329 e. The van der Waals surface area contributed by atoms with Crippen LogP contribution in [-0.2, 0) is 11.8 Å². The zero-order valence-electron chi connectivity index (χ0n) is 16.0. The van der Waals surface area contributed by atoms with Crippen molar-refractivity contribution in [2.24, 2.45) is 7.05 Å². The zero-order chi connectivity index (χ0) is 21.3. The Labute approximate surface area is 175 Å². The highest BCUT2D eigenvalue weighted by Crippen LogP contribution is 2.33. The smallest absolute Gasteiger partial charge is 0.261 e. The van der Waals surface area contributed by atoms with Crippen molar-refractivity contribution in [2.75, 3.05) is 11.9 Å². The second-order valence-corrected chi connectivity index (χ2v) is 7.68. The Bertz CT molecular complexity index is 1130. The molecule has 2 aromatic carbocycles. The Hall–Kier alpha value is -3.46. The lowest BCUT2D eigenvalue weighted by Crippen LogP contribution is -2.32. The number of anilines is 1. The SMILES string of the molecule is Cn1ccnc1Sc1ccc(F)cc1NC(=O)CCN1C(=O)c2ccccc2C1=O. The number of carbonyl (C=O) groups is 3. The lowest BCUT2D eigenvalue weighted by molar-refractivity contribution is -0.116. The summed E-state index contributed by atoms with van der Waals surface area (Å²) in [6.07, 6.45) is 3.33. The number of aromatic nitrogens is 2. The molecule has 3 aromatic rings. The summed E-state index contributed by atoms with van der Waals surface area (Å²) in [7, 11) is 1.83. The summed E-state index contributed by atoms with van der Waals surface area (Å²) in [6, 6.07) is 10.6. The maximum Gasteiger partial charge on any atom is 0.261 e. The van der Waals surface area contributed by atoms with Crippen molar-refractivity contribution in [3.8, 4) is 0 Å². The van der Waals surface area contributed by atoms with E-state index in [0.29, 0.717) is 26.9 Å². The van der Waals surface area contributed by atoms with Gasteiger partial charge in [0.25, 0.3) is 11.8 Å². The molecule has 152 valence electrons. The van der Waals surface area contributed by atoms with E-state index in [4.69, 9.17) is 0 Å². The fourth-order valence-electron chi connectivity index (χ4n) is 3.11. The molecule has 30 heavy (non-hydrogen) atoms. The first-order valence-electron chi connectivity index (χ1n) is 9.14. The number of amides is 3. The minimum absolute atomic E-state index is 0.0602. The summed E-state index contributed by atoms with van der Waals surface area (Å²) in [6.45, 7) is -0.0602. The molecule has 1 aromatic heterocycles. The highest BCUT2D eigenvalue weighted by atomic mass is 32.2. The summed E-state index contributed by atoms with van der Waals surface area (Å²) in [5, 5.41) is 3.36. The van der Waals surface area contributed by atoms with Crippen LogP contribution in [0.15, 0.2) is 64.9 Å². The number of nitrogens with one attached hydrogen (secondary N) is 1. The highest BCUT2D eigenvalue weighted by molar-refractivity contribution is 7.99. The van der Waals surface area contributed by atoms with Gasteiger partial charge in [0.1, 0.15) is 5.82 Å². The van der Waals surface area contributed by atoms with Gasteiger partial charge in [0.15, 0.2) is 5.16 Å². The van der Waals surface area contributed by atoms with E-state index >= 15 is 0 Å². The molecule has 9 heteroatoms. The van der Waals surface area contributed by atoms with Gasteiger partial charge in [-0.1, -0.05) is 12.1 Å². The number of rotatable bonds is 6. The molecule has 0 unspecified atom stereocenters. The van der Waals surface area contributed by atoms with Crippen LogP contribution in [0.5, 0.6) is 0 Å². The minimum atomic E-state index is -0.491. The molecule has 0 bridgehead atoms. The van der Waals surface area contributed by atoms with Crippen LogP contribution in [0, 0.1) is 5.82 Å².